The summed E-state index contributed by atoms with van der Waals surface area (Å²) in [5.41, 5.74) is 0.0829. The predicted molar refractivity (Wildman–Crippen MR) is 91.3 cm³/mol. The van der Waals surface area contributed by atoms with Gasteiger partial charge in [0, 0.05) is 6.04 Å². The molecular formula is C16H21ClN2O6. The number of imide groups is 1. The summed E-state index contributed by atoms with van der Waals surface area (Å²) in [6, 6.07) is 1.98. The van der Waals surface area contributed by atoms with Crippen LogP contribution in [0.3, 0.4) is 0 Å². The second-order valence-corrected chi connectivity index (χ2v) is 5.51. The standard InChI is InChI=1S/C16H21ClN2O6/c1-5-9(2)18-16(22)19-13(20)8-25-15(21)10-6-11(17)14(24-4)12(7-10)23-3/h6-7,9H,5,8H2,1-4H3,(H2,18,19,20,22)/t9-/m1/s1. The zero-order chi connectivity index (χ0) is 19.0. The average molecular weight is 373 g/mol. The maximum Gasteiger partial charge on any atom is 0.338 e. The lowest BCUT2D eigenvalue weighted by atomic mass is 10.2. The fourth-order valence-corrected chi connectivity index (χ4v) is 2.06. The molecular weight excluding hydrogens is 352 g/mol. The molecule has 0 aliphatic heterocycles. The molecule has 8 nitrogen and oxygen atoms in total. The molecule has 138 valence electrons. The Labute approximate surface area is 150 Å². The predicted octanol–water partition coefficient (Wildman–Crippen LogP) is 2.14. The van der Waals surface area contributed by atoms with Crippen molar-refractivity contribution in [2.75, 3.05) is 20.8 Å². The number of carbonyl (C=O) groups excluding carboxylic acids is 3. The van der Waals surface area contributed by atoms with E-state index in [0.717, 1.165) is 6.42 Å². The third-order valence-corrected chi connectivity index (χ3v) is 3.53. The number of methoxy groups -OCH3 is 2. The summed E-state index contributed by atoms with van der Waals surface area (Å²) >= 11 is 6.01. The first-order chi connectivity index (χ1) is 11.8. The Hall–Kier alpha value is -2.48. The van der Waals surface area contributed by atoms with E-state index in [0.29, 0.717) is 0 Å². The van der Waals surface area contributed by atoms with Gasteiger partial charge in [-0.3, -0.25) is 10.1 Å². The van der Waals surface area contributed by atoms with Gasteiger partial charge in [-0.05, 0) is 25.5 Å². The Morgan fingerprint density at radius 2 is 1.88 bits per heavy atom. The fourth-order valence-electron chi connectivity index (χ4n) is 1.77. The number of urea groups is 1. The topological polar surface area (TPSA) is 103 Å². The van der Waals surface area contributed by atoms with E-state index in [1.165, 1.54) is 26.4 Å². The van der Waals surface area contributed by atoms with Crippen molar-refractivity contribution < 1.29 is 28.6 Å². The summed E-state index contributed by atoms with van der Waals surface area (Å²) in [6.07, 6.45) is 0.719. The first-order valence-corrected chi connectivity index (χ1v) is 7.89. The molecule has 1 rings (SSSR count). The van der Waals surface area contributed by atoms with Crippen LogP contribution in [0.15, 0.2) is 12.1 Å². The molecule has 0 saturated carbocycles. The van der Waals surface area contributed by atoms with Crippen LogP contribution in [0.1, 0.15) is 30.6 Å². The zero-order valence-corrected chi connectivity index (χ0v) is 15.2. The molecule has 0 aliphatic rings. The van der Waals surface area contributed by atoms with E-state index in [1.54, 1.807) is 6.92 Å². The van der Waals surface area contributed by atoms with Gasteiger partial charge in [0.05, 0.1) is 24.8 Å². The van der Waals surface area contributed by atoms with Gasteiger partial charge in [-0.2, -0.15) is 0 Å². The smallest absolute Gasteiger partial charge is 0.338 e. The van der Waals surface area contributed by atoms with Crippen LogP contribution in [0.4, 0.5) is 4.79 Å². The van der Waals surface area contributed by atoms with Gasteiger partial charge in [-0.25, -0.2) is 9.59 Å². The van der Waals surface area contributed by atoms with Crippen LogP contribution in [0.2, 0.25) is 5.02 Å². The van der Waals surface area contributed by atoms with Gasteiger partial charge < -0.3 is 19.5 Å². The third kappa shape index (κ3) is 6.15. The summed E-state index contributed by atoms with van der Waals surface area (Å²) in [6.45, 7) is 3.08. The minimum Gasteiger partial charge on any atom is -0.493 e. The van der Waals surface area contributed by atoms with Gasteiger partial charge in [0.2, 0.25) is 0 Å². The number of esters is 1. The second kappa shape index (κ2) is 9.73. The maximum atomic E-state index is 12.0. The van der Waals surface area contributed by atoms with Crippen molar-refractivity contribution in [3.63, 3.8) is 0 Å². The van der Waals surface area contributed by atoms with Gasteiger partial charge in [0.25, 0.3) is 5.91 Å². The molecule has 0 unspecified atom stereocenters. The lowest BCUT2D eigenvalue weighted by Gasteiger charge is -2.12. The molecule has 3 amide bonds. The van der Waals surface area contributed by atoms with Crippen LogP contribution in [0, 0.1) is 0 Å². The molecule has 0 aromatic heterocycles. The molecule has 0 saturated heterocycles. The summed E-state index contributed by atoms with van der Waals surface area (Å²) in [4.78, 5) is 35.2. The Morgan fingerprint density at radius 1 is 1.20 bits per heavy atom. The molecule has 0 spiro atoms. The first-order valence-electron chi connectivity index (χ1n) is 7.51. The van der Waals surface area contributed by atoms with Crippen molar-refractivity contribution in [1.29, 1.82) is 0 Å². The Kier molecular flexibility index (Phi) is 8.00. The minimum atomic E-state index is -0.791. The van der Waals surface area contributed by atoms with Crippen LogP contribution in [-0.4, -0.2) is 44.8 Å². The molecule has 0 heterocycles. The highest BCUT2D eigenvalue weighted by Crippen LogP contribution is 2.36. The van der Waals surface area contributed by atoms with Crippen LogP contribution in [0.25, 0.3) is 0 Å². The van der Waals surface area contributed by atoms with Gasteiger partial charge in [-0.15, -0.1) is 0 Å². The molecule has 0 fully saturated rings. The zero-order valence-electron chi connectivity index (χ0n) is 14.5. The van der Waals surface area contributed by atoms with Crippen molar-refractivity contribution in [3.05, 3.63) is 22.7 Å². The molecule has 0 radical (unpaired) electrons. The number of halogens is 1. The molecule has 2 N–H and O–H groups in total. The number of hydrogen-bond acceptors (Lipinski definition) is 6. The number of rotatable bonds is 7. The fraction of sp³-hybridized carbons (Fsp3) is 0.438. The van der Waals surface area contributed by atoms with Gasteiger partial charge in [-0.1, -0.05) is 18.5 Å². The SMILES string of the molecule is CC[C@@H](C)NC(=O)NC(=O)COC(=O)c1cc(Cl)c(OC)c(OC)c1. The largest absolute Gasteiger partial charge is 0.493 e. The quantitative estimate of drug-likeness (QED) is 0.711. The van der Waals surface area contributed by atoms with Gasteiger partial charge >= 0.3 is 12.0 Å². The second-order valence-electron chi connectivity index (χ2n) is 5.10. The average Bonchev–Trinajstić information content (AvgIpc) is 2.58. The number of carbonyl (C=O) groups is 3. The van der Waals surface area contributed by atoms with Gasteiger partial charge in [0.1, 0.15) is 0 Å². The van der Waals surface area contributed by atoms with E-state index >= 15 is 0 Å². The maximum absolute atomic E-state index is 12.0. The number of hydrogen-bond donors (Lipinski definition) is 2. The molecule has 1 atom stereocenters. The number of benzene rings is 1. The molecule has 1 aromatic carbocycles. The van der Waals surface area contributed by atoms with Crippen molar-refractivity contribution in [1.82, 2.24) is 10.6 Å². The highest BCUT2D eigenvalue weighted by Gasteiger charge is 2.18. The lowest BCUT2D eigenvalue weighted by Crippen LogP contribution is -2.44. The molecule has 0 bridgehead atoms. The Bertz CT molecular complexity index is 650. The van der Waals surface area contributed by atoms with E-state index < -0.39 is 24.5 Å². The van der Waals surface area contributed by atoms with Crippen LogP contribution < -0.4 is 20.1 Å². The highest BCUT2D eigenvalue weighted by atomic mass is 35.5. The Balaban J connectivity index is 2.64. The van der Waals surface area contributed by atoms with Crippen molar-refractivity contribution in [3.8, 4) is 11.5 Å². The summed E-state index contributed by atoms with van der Waals surface area (Å²) < 4.78 is 15.0. The first kappa shape index (κ1) is 20.6. The summed E-state index contributed by atoms with van der Waals surface area (Å²) in [5, 5.41) is 4.78. The van der Waals surface area contributed by atoms with Gasteiger partial charge in [0.15, 0.2) is 18.1 Å². The van der Waals surface area contributed by atoms with E-state index in [1.807, 2.05) is 6.92 Å². The monoisotopic (exact) mass is 372 g/mol. The third-order valence-electron chi connectivity index (χ3n) is 3.25. The van der Waals surface area contributed by atoms with E-state index in [4.69, 9.17) is 25.8 Å². The number of ether oxygens (including phenoxy) is 3. The van der Waals surface area contributed by atoms with Crippen LogP contribution in [-0.2, 0) is 9.53 Å². The number of nitrogens with one attached hydrogen (secondary N) is 2. The lowest BCUT2D eigenvalue weighted by molar-refractivity contribution is -0.123. The minimum absolute atomic E-state index is 0.0794. The Morgan fingerprint density at radius 3 is 2.44 bits per heavy atom. The van der Waals surface area contributed by atoms with E-state index in [-0.39, 0.29) is 28.1 Å². The van der Waals surface area contributed by atoms with E-state index in [9.17, 15) is 14.4 Å². The molecule has 25 heavy (non-hydrogen) atoms. The van der Waals surface area contributed by atoms with Crippen molar-refractivity contribution in [2.24, 2.45) is 0 Å². The highest BCUT2D eigenvalue weighted by molar-refractivity contribution is 6.32. The van der Waals surface area contributed by atoms with Crippen LogP contribution >= 0.6 is 11.6 Å². The van der Waals surface area contributed by atoms with Crippen molar-refractivity contribution in [2.45, 2.75) is 26.3 Å². The van der Waals surface area contributed by atoms with Crippen molar-refractivity contribution >= 4 is 29.5 Å². The molecule has 9 heteroatoms. The molecule has 0 aliphatic carbocycles. The number of amides is 3. The van der Waals surface area contributed by atoms with Crippen LogP contribution in [0.5, 0.6) is 11.5 Å². The summed E-state index contributed by atoms with van der Waals surface area (Å²) in [7, 11) is 2.81. The normalized spacial score (nSPS) is 11.2. The summed E-state index contributed by atoms with van der Waals surface area (Å²) in [5.74, 6) is -1.01. The molecule has 1 aromatic rings. The van der Waals surface area contributed by atoms with E-state index in [2.05, 4.69) is 10.6 Å².